The summed E-state index contributed by atoms with van der Waals surface area (Å²) >= 11 is 0. The first-order valence-electron chi connectivity index (χ1n) is 8.01. The van der Waals surface area contributed by atoms with E-state index in [1.807, 2.05) is 0 Å². The van der Waals surface area contributed by atoms with Crippen LogP contribution in [0.5, 0.6) is 0 Å². The fourth-order valence-corrected chi connectivity index (χ4v) is 3.18. The van der Waals surface area contributed by atoms with Crippen LogP contribution >= 0.6 is 0 Å². The van der Waals surface area contributed by atoms with Gasteiger partial charge in [0.25, 0.3) is 0 Å². The van der Waals surface area contributed by atoms with Gasteiger partial charge >= 0.3 is 0 Å². The maximum absolute atomic E-state index is 3.66. The normalized spacial score (nSPS) is 16.2. The van der Waals surface area contributed by atoms with E-state index in [9.17, 15) is 0 Å². The van der Waals surface area contributed by atoms with Gasteiger partial charge in [-0.05, 0) is 41.8 Å². The molecule has 1 aliphatic heterocycles. The maximum atomic E-state index is 3.66. The van der Waals surface area contributed by atoms with Gasteiger partial charge in [-0.25, -0.2) is 0 Å². The molecule has 1 heterocycles. The predicted molar refractivity (Wildman–Crippen MR) is 97.5 cm³/mol. The van der Waals surface area contributed by atoms with Crippen LogP contribution in [0.4, 0.5) is 5.69 Å². The highest BCUT2D eigenvalue weighted by atomic mass is 14.9. The van der Waals surface area contributed by atoms with Gasteiger partial charge in [-0.15, -0.1) is 0 Å². The van der Waals surface area contributed by atoms with Crippen LogP contribution in [0.1, 0.15) is 28.3 Å². The number of hydrogen-bond acceptors (Lipinski definition) is 1. The average molecular weight is 297 g/mol. The Hall–Kier alpha value is -2.80. The summed E-state index contributed by atoms with van der Waals surface area (Å²) in [5, 5.41) is 3.66. The number of hydrogen-bond donors (Lipinski definition) is 1. The van der Waals surface area contributed by atoms with Crippen molar-refractivity contribution >= 4 is 11.3 Å². The smallest absolute Gasteiger partial charge is 0.0707 e. The molecule has 0 saturated heterocycles. The van der Waals surface area contributed by atoms with Gasteiger partial charge in [-0.2, -0.15) is 0 Å². The summed E-state index contributed by atoms with van der Waals surface area (Å²) in [4.78, 5) is 0. The molecule has 3 aromatic rings. The van der Waals surface area contributed by atoms with E-state index in [0.29, 0.717) is 0 Å². The third-order valence-electron chi connectivity index (χ3n) is 4.35. The summed E-state index contributed by atoms with van der Waals surface area (Å²) in [7, 11) is 0. The molecule has 0 spiro atoms. The molecule has 0 bridgehead atoms. The minimum atomic E-state index is 0.196. The quantitative estimate of drug-likeness (QED) is 0.650. The van der Waals surface area contributed by atoms with Gasteiger partial charge in [-0.3, -0.25) is 0 Å². The number of fused-ring (bicyclic) bond motifs is 1. The van der Waals surface area contributed by atoms with Crippen LogP contribution in [0.25, 0.3) is 5.57 Å². The molecule has 112 valence electrons. The van der Waals surface area contributed by atoms with Crippen LogP contribution in [0.3, 0.4) is 0 Å². The SMILES string of the molecule is Cc1ccc2c(c1)C(c1ccccc1)=CC(c1ccccc1)N2. The van der Waals surface area contributed by atoms with Gasteiger partial charge in [0.1, 0.15) is 0 Å². The Morgan fingerprint density at radius 3 is 2.22 bits per heavy atom. The minimum absolute atomic E-state index is 0.196. The van der Waals surface area contributed by atoms with E-state index in [0.717, 1.165) is 0 Å². The Bertz CT molecular complexity index is 848. The summed E-state index contributed by atoms with van der Waals surface area (Å²) in [6, 6.07) is 28.1. The molecular weight excluding hydrogens is 278 g/mol. The first kappa shape index (κ1) is 13.8. The van der Waals surface area contributed by atoms with Crippen molar-refractivity contribution in [1.82, 2.24) is 0 Å². The van der Waals surface area contributed by atoms with Gasteiger partial charge < -0.3 is 5.32 Å². The summed E-state index contributed by atoms with van der Waals surface area (Å²) in [5.74, 6) is 0. The Morgan fingerprint density at radius 2 is 1.48 bits per heavy atom. The zero-order valence-corrected chi connectivity index (χ0v) is 13.2. The van der Waals surface area contributed by atoms with Gasteiger partial charge in [-0.1, -0.05) is 72.3 Å². The summed E-state index contributed by atoms with van der Waals surface area (Å²) in [6.07, 6.45) is 2.34. The number of nitrogens with one attached hydrogen (secondary N) is 1. The van der Waals surface area contributed by atoms with Crippen molar-refractivity contribution in [3.63, 3.8) is 0 Å². The first-order valence-corrected chi connectivity index (χ1v) is 8.01. The molecule has 1 aliphatic rings. The van der Waals surface area contributed by atoms with Gasteiger partial charge in [0.05, 0.1) is 6.04 Å². The molecule has 0 fully saturated rings. The van der Waals surface area contributed by atoms with Crippen molar-refractivity contribution in [2.24, 2.45) is 0 Å². The van der Waals surface area contributed by atoms with E-state index in [4.69, 9.17) is 0 Å². The van der Waals surface area contributed by atoms with Crippen molar-refractivity contribution in [2.45, 2.75) is 13.0 Å². The minimum Gasteiger partial charge on any atom is -0.374 e. The molecular formula is C22H19N. The van der Waals surface area contributed by atoms with E-state index in [-0.39, 0.29) is 6.04 Å². The van der Waals surface area contributed by atoms with E-state index < -0.39 is 0 Å². The lowest BCUT2D eigenvalue weighted by atomic mass is 9.88. The Labute approximate surface area is 137 Å². The largest absolute Gasteiger partial charge is 0.374 e. The maximum Gasteiger partial charge on any atom is 0.0707 e. The summed E-state index contributed by atoms with van der Waals surface area (Å²) in [5.41, 5.74) is 7.62. The Kier molecular flexibility index (Phi) is 3.47. The molecule has 4 rings (SSSR count). The van der Waals surface area contributed by atoms with Crippen LogP contribution in [0.2, 0.25) is 0 Å². The van der Waals surface area contributed by atoms with Gasteiger partial charge in [0.15, 0.2) is 0 Å². The first-order chi connectivity index (χ1) is 11.3. The standard InChI is InChI=1S/C22H19N/c1-16-12-13-21-20(14-16)19(17-8-4-2-5-9-17)15-22(23-21)18-10-6-3-7-11-18/h2-15,22-23H,1H3. The molecule has 0 radical (unpaired) electrons. The van der Waals surface area contributed by atoms with Crippen molar-refractivity contribution in [3.05, 3.63) is 107 Å². The topological polar surface area (TPSA) is 12.0 Å². The molecule has 1 atom stereocenters. The molecule has 0 amide bonds. The Morgan fingerprint density at radius 1 is 0.783 bits per heavy atom. The van der Waals surface area contributed by atoms with E-state index >= 15 is 0 Å². The second kappa shape index (κ2) is 5.77. The van der Waals surface area contributed by atoms with Gasteiger partial charge in [0, 0.05) is 11.3 Å². The zero-order chi connectivity index (χ0) is 15.6. The van der Waals surface area contributed by atoms with E-state index in [2.05, 4.69) is 97.2 Å². The highest BCUT2D eigenvalue weighted by molar-refractivity contribution is 5.89. The monoisotopic (exact) mass is 297 g/mol. The predicted octanol–water partition coefficient (Wildman–Crippen LogP) is 5.59. The molecule has 1 unspecified atom stereocenters. The van der Waals surface area contributed by atoms with Crippen LogP contribution < -0.4 is 5.32 Å². The second-order valence-electron chi connectivity index (χ2n) is 6.03. The lowest BCUT2D eigenvalue weighted by molar-refractivity contribution is 0.972. The molecule has 0 aliphatic carbocycles. The third kappa shape index (κ3) is 2.66. The van der Waals surface area contributed by atoms with Crippen molar-refractivity contribution < 1.29 is 0 Å². The number of rotatable bonds is 2. The molecule has 0 aromatic heterocycles. The van der Waals surface area contributed by atoms with Crippen LogP contribution in [0.15, 0.2) is 84.9 Å². The van der Waals surface area contributed by atoms with E-state index in [1.165, 1.54) is 33.5 Å². The van der Waals surface area contributed by atoms with Crippen molar-refractivity contribution in [1.29, 1.82) is 0 Å². The fraction of sp³-hybridized carbons (Fsp3) is 0.0909. The highest BCUT2D eigenvalue weighted by Crippen LogP contribution is 2.38. The number of anilines is 1. The van der Waals surface area contributed by atoms with Crippen LogP contribution in [0, 0.1) is 6.92 Å². The van der Waals surface area contributed by atoms with Crippen molar-refractivity contribution in [3.8, 4) is 0 Å². The lowest BCUT2D eigenvalue weighted by Crippen LogP contribution is -2.15. The third-order valence-corrected chi connectivity index (χ3v) is 4.35. The van der Waals surface area contributed by atoms with Crippen LogP contribution in [-0.4, -0.2) is 0 Å². The average Bonchev–Trinajstić information content (AvgIpc) is 2.62. The molecule has 23 heavy (non-hydrogen) atoms. The number of benzene rings is 3. The molecule has 1 heteroatoms. The Balaban J connectivity index is 1.87. The summed E-state index contributed by atoms with van der Waals surface area (Å²) < 4.78 is 0. The fourth-order valence-electron chi connectivity index (χ4n) is 3.18. The highest BCUT2D eigenvalue weighted by Gasteiger charge is 2.20. The molecule has 3 aromatic carbocycles. The van der Waals surface area contributed by atoms with Gasteiger partial charge in [0.2, 0.25) is 0 Å². The molecule has 1 nitrogen and oxygen atoms in total. The second-order valence-corrected chi connectivity index (χ2v) is 6.03. The molecule has 1 N–H and O–H groups in total. The molecule has 0 saturated carbocycles. The van der Waals surface area contributed by atoms with Crippen LogP contribution in [-0.2, 0) is 0 Å². The van der Waals surface area contributed by atoms with Crippen molar-refractivity contribution in [2.75, 3.05) is 5.32 Å². The number of aryl methyl sites for hydroxylation is 1. The van der Waals surface area contributed by atoms with E-state index in [1.54, 1.807) is 0 Å². The summed E-state index contributed by atoms with van der Waals surface area (Å²) in [6.45, 7) is 2.15. The zero-order valence-electron chi connectivity index (χ0n) is 13.2. The lowest BCUT2D eigenvalue weighted by Gasteiger charge is -2.27.